The van der Waals surface area contributed by atoms with Gasteiger partial charge < -0.3 is 35.3 Å². The zero-order valence-electron chi connectivity index (χ0n) is 35.5. The van der Waals surface area contributed by atoms with Crippen LogP contribution < -0.4 is 30.6 Å². The van der Waals surface area contributed by atoms with E-state index in [0.717, 1.165) is 46.9 Å². The first-order valence-electron chi connectivity index (χ1n) is 20.2. The van der Waals surface area contributed by atoms with E-state index in [1.807, 2.05) is 60.9 Å². The third-order valence-electron chi connectivity index (χ3n) is 10.4. The van der Waals surface area contributed by atoms with Crippen LogP contribution in [0.5, 0.6) is 17.2 Å². The van der Waals surface area contributed by atoms with Crippen molar-refractivity contribution in [1.29, 1.82) is 0 Å². The number of nitrogens with one attached hydrogen (secondary N) is 2. The van der Waals surface area contributed by atoms with Crippen LogP contribution in [0.25, 0.3) is 16.6 Å². The number of nitrogen functional groups attached to an aromatic ring is 1. The monoisotopic (exact) mass is 885 g/mol. The van der Waals surface area contributed by atoms with E-state index in [1.54, 1.807) is 40.2 Å². The quantitative estimate of drug-likeness (QED) is 0.106. The highest BCUT2D eigenvalue weighted by Crippen LogP contribution is 2.38. The maximum atomic E-state index is 13.3. The molecule has 63 heavy (non-hydrogen) atoms. The second kappa shape index (κ2) is 18.9. The molecule has 2 aliphatic rings. The van der Waals surface area contributed by atoms with Crippen molar-refractivity contribution in [3.63, 3.8) is 0 Å². The minimum atomic E-state index is -4.49. The van der Waals surface area contributed by atoms with Crippen LogP contribution in [0.2, 0.25) is 5.02 Å². The molecule has 1 saturated heterocycles. The first-order valence-corrected chi connectivity index (χ1v) is 20.6. The molecule has 330 valence electrons. The van der Waals surface area contributed by atoms with Crippen LogP contribution in [0, 0.1) is 13.8 Å². The van der Waals surface area contributed by atoms with Gasteiger partial charge in [0, 0.05) is 46.3 Å². The SMILES string of the molecule is CCNC(=O)CC1N=C(c2ccc(Cl)cc2)c2cc(OC)ccc2-n2c(C)nnc21.COc1cc2nc(C)nc(NC(C)c3cc(N)cc(C(F)(F)F)c3)c2cc1OC1CCOC1. The minimum Gasteiger partial charge on any atom is -0.497 e. The summed E-state index contributed by atoms with van der Waals surface area (Å²) in [6, 6.07) is 19.4. The summed E-state index contributed by atoms with van der Waals surface area (Å²) >= 11 is 6.10. The molecule has 0 spiro atoms. The number of aromatic nitrogens is 5. The summed E-state index contributed by atoms with van der Waals surface area (Å²) < 4.78 is 64.1. The number of methoxy groups -OCH3 is 2. The van der Waals surface area contributed by atoms with Crippen LogP contribution in [0.15, 0.2) is 77.8 Å². The van der Waals surface area contributed by atoms with Crippen LogP contribution >= 0.6 is 11.6 Å². The molecule has 18 heteroatoms. The van der Waals surface area contributed by atoms with Gasteiger partial charge in [0.15, 0.2) is 17.3 Å². The number of rotatable bonds is 11. The Bertz CT molecular complexity index is 2650. The molecule has 8 rings (SSSR count). The van der Waals surface area contributed by atoms with E-state index in [4.69, 9.17) is 41.3 Å². The maximum Gasteiger partial charge on any atom is 0.416 e. The van der Waals surface area contributed by atoms with Crippen molar-refractivity contribution in [2.75, 3.05) is 45.0 Å². The highest BCUT2D eigenvalue weighted by atomic mass is 35.5. The second-order valence-electron chi connectivity index (χ2n) is 15.0. The van der Waals surface area contributed by atoms with Crippen LogP contribution in [0.4, 0.5) is 24.7 Å². The predicted octanol–water partition coefficient (Wildman–Crippen LogP) is 8.54. The van der Waals surface area contributed by atoms with Crippen molar-refractivity contribution in [2.45, 2.75) is 64.9 Å². The van der Waals surface area contributed by atoms with Gasteiger partial charge in [-0.2, -0.15) is 13.2 Å². The molecule has 14 nitrogen and oxygen atoms in total. The Balaban J connectivity index is 0.000000190. The molecule has 0 saturated carbocycles. The number of hydrogen-bond donors (Lipinski definition) is 3. The lowest BCUT2D eigenvalue weighted by molar-refractivity contribution is -0.137. The Morgan fingerprint density at radius 1 is 1.00 bits per heavy atom. The molecule has 3 unspecified atom stereocenters. The average molecular weight is 886 g/mol. The summed E-state index contributed by atoms with van der Waals surface area (Å²) in [5.41, 5.74) is 9.39. The summed E-state index contributed by atoms with van der Waals surface area (Å²) in [5, 5.41) is 16.0. The van der Waals surface area contributed by atoms with Crippen LogP contribution in [-0.2, 0) is 15.7 Å². The second-order valence-corrected chi connectivity index (χ2v) is 15.4. The van der Waals surface area contributed by atoms with Gasteiger partial charge >= 0.3 is 6.18 Å². The summed E-state index contributed by atoms with van der Waals surface area (Å²) in [5.74, 6) is 4.00. The van der Waals surface area contributed by atoms with Gasteiger partial charge in [-0.1, -0.05) is 23.7 Å². The molecule has 0 bridgehead atoms. The zero-order valence-corrected chi connectivity index (χ0v) is 36.3. The molecule has 1 fully saturated rings. The van der Waals surface area contributed by atoms with Gasteiger partial charge in [0.25, 0.3) is 0 Å². The number of carbonyl (C=O) groups is 1. The van der Waals surface area contributed by atoms with Gasteiger partial charge in [0.1, 0.15) is 35.4 Å². The molecule has 4 aromatic carbocycles. The van der Waals surface area contributed by atoms with Gasteiger partial charge in [-0.15, -0.1) is 10.2 Å². The molecular weight excluding hydrogens is 839 g/mol. The lowest BCUT2D eigenvalue weighted by Crippen LogP contribution is -2.25. The Kier molecular flexibility index (Phi) is 13.4. The fraction of sp³-hybridized carbons (Fsp3) is 0.333. The first-order chi connectivity index (χ1) is 30.1. The Morgan fingerprint density at radius 2 is 1.78 bits per heavy atom. The topological polar surface area (TPSA) is 173 Å². The van der Waals surface area contributed by atoms with E-state index < -0.39 is 23.8 Å². The third kappa shape index (κ3) is 10.1. The number of nitrogens with zero attached hydrogens (tertiary/aromatic N) is 6. The van der Waals surface area contributed by atoms with Gasteiger partial charge in [-0.25, -0.2) is 9.97 Å². The number of benzene rings is 4. The number of carbonyl (C=O) groups excluding carboxylic acids is 1. The third-order valence-corrected chi connectivity index (χ3v) is 10.7. The summed E-state index contributed by atoms with van der Waals surface area (Å²) in [6.07, 6.45) is -3.64. The molecular formula is C45H47ClF3N9O5. The maximum absolute atomic E-state index is 13.3. The molecule has 2 aliphatic heterocycles. The fourth-order valence-corrected chi connectivity index (χ4v) is 7.53. The standard InChI is InChI=1S/C23H25F3N4O3.C22H22ClN5O2/c1-12(14-6-15(23(24,25)26)8-16(27)7-14)28-22-18-9-21(33-17-4-5-32-11-17)20(31-3)10-19(18)29-13(2)30-22;1-4-24-20(29)12-18-22-27-26-13(2)28(22)19-10-9-16(30-3)11-17(19)21(25-18)14-5-7-15(23)8-6-14/h6-10,12,17H,4-5,11,27H2,1-3H3,(H,28,29,30);5-11,18H,4,12H2,1-3H3,(H,24,29). The van der Waals surface area contributed by atoms with Gasteiger partial charge in [0.2, 0.25) is 5.91 Å². The van der Waals surface area contributed by atoms with Crippen LogP contribution in [0.3, 0.4) is 0 Å². The summed E-state index contributed by atoms with van der Waals surface area (Å²) in [4.78, 5) is 26.4. The highest BCUT2D eigenvalue weighted by Gasteiger charge is 2.32. The smallest absolute Gasteiger partial charge is 0.416 e. The largest absolute Gasteiger partial charge is 0.497 e. The Morgan fingerprint density at radius 3 is 2.46 bits per heavy atom. The fourth-order valence-electron chi connectivity index (χ4n) is 7.40. The molecule has 2 aromatic heterocycles. The predicted molar refractivity (Wildman–Crippen MR) is 234 cm³/mol. The van der Waals surface area contributed by atoms with Gasteiger partial charge in [0.05, 0.1) is 62.4 Å². The van der Waals surface area contributed by atoms with Gasteiger partial charge in [-0.05, 0) is 87.9 Å². The highest BCUT2D eigenvalue weighted by molar-refractivity contribution is 6.30. The Hall–Kier alpha value is -6.46. The lowest BCUT2D eigenvalue weighted by atomic mass is 10.00. The summed E-state index contributed by atoms with van der Waals surface area (Å²) in [6.45, 7) is 8.95. The van der Waals surface area contributed by atoms with E-state index in [9.17, 15) is 18.0 Å². The number of nitrogens with two attached hydrogens (primary N) is 1. The molecule has 6 aromatic rings. The van der Waals surface area contributed by atoms with Crippen molar-refractivity contribution in [3.8, 4) is 22.9 Å². The molecule has 0 radical (unpaired) electrons. The number of anilines is 2. The number of alkyl halides is 3. The lowest BCUT2D eigenvalue weighted by Gasteiger charge is -2.20. The van der Waals surface area contributed by atoms with E-state index >= 15 is 0 Å². The van der Waals surface area contributed by atoms with E-state index in [2.05, 4.69) is 30.8 Å². The number of aliphatic imine (C=N–C) groups is 1. The number of aryl methyl sites for hydroxylation is 2. The van der Waals surface area contributed by atoms with Crippen LogP contribution in [-0.4, -0.2) is 76.4 Å². The Labute approximate surface area is 367 Å². The average Bonchev–Trinajstić information content (AvgIpc) is 3.88. The minimum absolute atomic E-state index is 0.0383. The molecule has 4 heterocycles. The van der Waals surface area contributed by atoms with Crippen molar-refractivity contribution in [3.05, 3.63) is 118 Å². The van der Waals surface area contributed by atoms with Gasteiger partial charge in [-0.3, -0.25) is 14.4 Å². The van der Waals surface area contributed by atoms with E-state index in [0.29, 0.717) is 76.0 Å². The van der Waals surface area contributed by atoms with Crippen molar-refractivity contribution >= 4 is 45.6 Å². The number of ether oxygens (including phenoxy) is 4. The number of hydrogen-bond acceptors (Lipinski definition) is 12. The number of fused-ring (bicyclic) bond motifs is 4. The number of amides is 1. The van der Waals surface area contributed by atoms with E-state index in [1.165, 1.54) is 6.07 Å². The first kappa shape index (κ1) is 44.6. The number of halogens is 4. The van der Waals surface area contributed by atoms with Crippen molar-refractivity contribution in [1.82, 2.24) is 30.0 Å². The van der Waals surface area contributed by atoms with Crippen LogP contribution in [0.1, 0.15) is 78.5 Å². The van der Waals surface area contributed by atoms with Crippen molar-refractivity contribution in [2.24, 2.45) is 4.99 Å². The zero-order chi connectivity index (χ0) is 45.0. The van der Waals surface area contributed by atoms with Crippen molar-refractivity contribution < 1.29 is 36.9 Å². The molecule has 3 atom stereocenters. The van der Waals surface area contributed by atoms with E-state index in [-0.39, 0.29) is 24.1 Å². The molecule has 1 amide bonds. The summed E-state index contributed by atoms with van der Waals surface area (Å²) in [7, 11) is 3.18. The molecule has 0 aliphatic carbocycles. The molecule has 4 N–H and O–H groups in total. The normalized spacial score (nSPS) is 16.1.